The molecule has 0 aliphatic carbocycles. The molecule has 0 saturated carbocycles. The van der Waals surface area contributed by atoms with Crippen LogP contribution in [0.3, 0.4) is 0 Å². The van der Waals surface area contributed by atoms with Crippen molar-refractivity contribution >= 4 is 61.5 Å². The van der Waals surface area contributed by atoms with E-state index in [1.807, 2.05) is 25.1 Å². The van der Waals surface area contributed by atoms with Gasteiger partial charge < -0.3 is 9.47 Å². The minimum atomic E-state index is -0.811. The summed E-state index contributed by atoms with van der Waals surface area (Å²) in [5.41, 5.74) is 1.75. The number of nitrogens with zero attached hydrogens (tertiary/aromatic N) is 1. The van der Waals surface area contributed by atoms with Crippen LogP contribution in [0.15, 0.2) is 81.2 Å². The van der Waals surface area contributed by atoms with Gasteiger partial charge in [0.15, 0.2) is 0 Å². The first kappa shape index (κ1) is 24.7. The number of carbonyl (C=O) groups excluding carboxylic acids is 3. The van der Waals surface area contributed by atoms with Gasteiger partial charge in [-0.15, -0.1) is 0 Å². The third-order valence-electron chi connectivity index (χ3n) is 5.09. The molecule has 0 unspecified atom stereocenters. The number of benzene rings is 3. The van der Waals surface area contributed by atoms with Gasteiger partial charge in [-0.1, -0.05) is 56.1 Å². The molecular weight excluding hydrogens is 580 g/mol. The molecule has 4 amide bonds. The SMILES string of the molecule is CCOc1cccc(N2C(=O)NC(=O)/C(=C\c3ccc(OCc4ccc(Br)cc4Br)cc3)C2=O)c1. The van der Waals surface area contributed by atoms with E-state index in [-0.39, 0.29) is 5.57 Å². The summed E-state index contributed by atoms with van der Waals surface area (Å²) in [5, 5.41) is 2.22. The predicted octanol–water partition coefficient (Wildman–Crippen LogP) is 5.86. The zero-order chi connectivity index (χ0) is 24.9. The lowest BCUT2D eigenvalue weighted by Crippen LogP contribution is -2.54. The highest BCUT2D eigenvalue weighted by Gasteiger charge is 2.36. The highest BCUT2D eigenvalue weighted by molar-refractivity contribution is 9.11. The van der Waals surface area contributed by atoms with Crippen LogP contribution in [-0.4, -0.2) is 24.5 Å². The van der Waals surface area contributed by atoms with Crippen molar-refractivity contribution in [3.05, 3.63) is 92.4 Å². The molecule has 7 nitrogen and oxygen atoms in total. The number of urea groups is 1. The van der Waals surface area contributed by atoms with Crippen LogP contribution in [-0.2, 0) is 16.2 Å². The Labute approximate surface area is 219 Å². The summed E-state index contributed by atoms with van der Waals surface area (Å²) in [6.45, 7) is 2.64. The molecule has 3 aromatic carbocycles. The van der Waals surface area contributed by atoms with E-state index in [0.29, 0.717) is 36.0 Å². The Hall–Kier alpha value is -3.43. The largest absolute Gasteiger partial charge is 0.494 e. The Morgan fingerprint density at radius 3 is 2.40 bits per heavy atom. The van der Waals surface area contributed by atoms with Crippen molar-refractivity contribution < 1.29 is 23.9 Å². The summed E-state index contributed by atoms with van der Waals surface area (Å²) in [4.78, 5) is 38.9. The van der Waals surface area contributed by atoms with E-state index in [9.17, 15) is 14.4 Å². The fourth-order valence-electron chi connectivity index (χ4n) is 3.40. The van der Waals surface area contributed by atoms with Gasteiger partial charge in [0.1, 0.15) is 23.7 Å². The molecule has 9 heteroatoms. The molecule has 0 radical (unpaired) electrons. The minimum Gasteiger partial charge on any atom is -0.494 e. The maximum atomic E-state index is 13.1. The van der Waals surface area contributed by atoms with E-state index >= 15 is 0 Å². The number of barbiturate groups is 1. The smallest absolute Gasteiger partial charge is 0.335 e. The Balaban J connectivity index is 1.51. The lowest BCUT2D eigenvalue weighted by atomic mass is 10.1. The number of nitrogens with one attached hydrogen (secondary N) is 1. The van der Waals surface area contributed by atoms with Crippen molar-refractivity contribution in [2.75, 3.05) is 11.5 Å². The lowest BCUT2D eigenvalue weighted by molar-refractivity contribution is -0.122. The lowest BCUT2D eigenvalue weighted by Gasteiger charge is -2.26. The molecule has 178 valence electrons. The summed E-state index contributed by atoms with van der Waals surface area (Å²) < 4.78 is 13.2. The van der Waals surface area contributed by atoms with Crippen LogP contribution in [0.1, 0.15) is 18.1 Å². The van der Waals surface area contributed by atoms with E-state index in [4.69, 9.17) is 9.47 Å². The molecule has 1 aliphatic rings. The Kier molecular flexibility index (Phi) is 7.67. The standard InChI is InChI=1S/C26H20Br2N2O5/c1-2-34-21-5-3-4-19(14-21)30-25(32)22(24(31)29-26(30)33)12-16-6-10-20(11-7-16)35-15-17-8-9-18(27)13-23(17)28/h3-14H,2,15H2,1H3,(H,29,31,33)/b22-12+. The fraction of sp³-hybridized carbons (Fsp3) is 0.115. The summed E-state index contributed by atoms with van der Waals surface area (Å²) in [6.07, 6.45) is 1.44. The first-order valence-electron chi connectivity index (χ1n) is 10.7. The average molecular weight is 600 g/mol. The average Bonchev–Trinajstić information content (AvgIpc) is 2.82. The van der Waals surface area contributed by atoms with E-state index in [2.05, 4.69) is 37.2 Å². The van der Waals surface area contributed by atoms with Crippen molar-refractivity contribution in [3.8, 4) is 11.5 Å². The van der Waals surface area contributed by atoms with Crippen molar-refractivity contribution in [1.29, 1.82) is 0 Å². The summed E-state index contributed by atoms with van der Waals surface area (Å²) in [5.74, 6) is -0.324. The number of imide groups is 2. The van der Waals surface area contributed by atoms with Crippen LogP contribution in [0.2, 0.25) is 0 Å². The molecule has 1 saturated heterocycles. The van der Waals surface area contributed by atoms with Crippen molar-refractivity contribution in [1.82, 2.24) is 5.32 Å². The highest BCUT2D eigenvalue weighted by atomic mass is 79.9. The minimum absolute atomic E-state index is 0.154. The van der Waals surface area contributed by atoms with Gasteiger partial charge in [-0.05, 0) is 55.0 Å². The molecule has 0 spiro atoms. The number of rotatable bonds is 7. The number of halogens is 2. The van der Waals surface area contributed by atoms with Crippen LogP contribution in [0, 0.1) is 0 Å². The molecule has 35 heavy (non-hydrogen) atoms. The molecule has 0 atom stereocenters. The number of hydrogen-bond donors (Lipinski definition) is 1. The second-order valence-electron chi connectivity index (χ2n) is 7.48. The second-order valence-corrected chi connectivity index (χ2v) is 9.25. The fourth-order valence-corrected chi connectivity index (χ4v) is 4.56. The van der Waals surface area contributed by atoms with Gasteiger partial charge in [0, 0.05) is 20.6 Å². The molecule has 1 heterocycles. The predicted molar refractivity (Wildman–Crippen MR) is 139 cm³/mol. The summed E-state index contributed by atoms with van der Waals surface area (Å²) in [7, 11) is 0. The molecule has 1 aliphatic heterocycles. The zero-order valence-electron chi connectivity index (χ0n) is 18.6. The van der Waals surface area contributed by atoms with Gasteiger partial charge in [0.25, 0.3) is 11.8 Å². The van der Waals surface area contributed by atoms with Crippen LogP contribution in [0.5, 0.6) is 11.5 Å². The first-order valence-corrected chi connectivity index (χ1v) is 12.3. The maximum Gasteiger partial charge on any atom is 0.335 e. The van der Waals surface area contributed by atoms with Crippen LogP contribution >= 0.6 is 31.9 Å². The number of anilines is 1. The van der Waals surface area contributed by atoms with Crippen LogP contribution in [0.4, 0.5) is 10.5 Å². The van der Waals surface area contributed by atoms with Gasteiger partial charge >= 0.3 is 6.03 Å². The molecule has 4 rings (SSSR count). The third kappa shape index (κ3) is 5.80. The molecule has 1 N–H and O–H groups in total. The topological polar surface area (TPSA) is 84.9 Å². The Morgan fingerprint density at radius 2 is 1.69 bits per heavy atom. The number of hydrogen-bond acceptors (Lipinski definition) is 5. The third-order valence-corrected chi connectivity index (χ3v) is 6.32. The number of ether oxygens (including phenoxy) is 2. The molecule has 1 fully saturated rings. The quantitative estimate of drug-likeness (QED) is 0.272. The number of amides is 4. The Bertz CT molecular complexity index is 1320. The van der Waals surface area contributed by atoms with Gasteiger partial charge in [-0.3, -0.25) is 14.9 Å². The molecule has 3 aromatic rings. The first-order chi connectivity index (χ1) is 16.9. The number of carbonyl (C=O) groups is 3. The van der Waals surface area contributed by atoms with Gasteiger partial charge in [0.2, 0.25) is 0 Å². The van der Waals surface area contributed by atoms with Crippen LogP contribution in [0.25, 0.3) is 6.08 Å². The van der Waals surface area contributed by atoms with Crippen molar-refractivity contribution in [2.24, 2.45) is 0 Å². The normalized spacial score (nSPS) is 14.8. The monoisotopic (exact) mass is 598 g/mol. The molecule has 0 aromatic heterocycles. The van der Waals surface area contributed by atoms with Crippen LogP contribution < -0.4 is 19.7 Å². The van der Waals surface area contributed by atoms with Gasteiger partial charge in [0.05, 0.1) is 12.3 Å². The van der Waals surface area contributed by atoms with E-state index in [1.165, 1.54) is 6.08 Å². The Morgan fingerprint density at radius 1 is 0.914 bits per heavy atom. The highest BCUT2D eigenvalue weighted by Crippen LogP contribution is 2.27. The van der Waals surface area contributed by atoms with E-state index < -0.39 is 17.8 Å². The van der Waals surface area contributed by atoms with E-state index in [0.717, 1.165) is 19.4 Å². The molecular formula is C26H20Br2N2O5. The van der Waals surface area contributed by atoms with E-state index in [1.54, 1.807) is 48.5 Å². The summed E-state index contributed by atoms with van der Waals surface area (Å²) >= 11 is 6.94. The second kappa shape index (κ2) is 10.9. The van der Waals surface area contributed by atoms with Crippen molar-refractivity contribution in [3.63, 3.8) is 0 Å². The maximum absolute atomic E-state index is 13.1. The van der Waals surface area contributed by atoms with Gasteiger partial charge in [-0.2, -0.15) is 0 Å². The summed E-state index contributed by atoms with van der Waals surface area (Å²) in [6, 6.07) is 18.6. The zero-order valence-corrected chi connectivity index (χ0v) is 21.8. The van der Waals surface area contributed by atoms with Crippen molar-refractivity contribution in [2.45, 2.75) is 13.5 Å². The molecule has 0 bridgehead atoms. The van der Waals surface area contributed by atoms with Gasteiger partial charge in [-0.25, -0.2) is 9.69 Å².